The summed E-state index contributed by atoms with van der Waals surface area (Å²) in [4.78, 5) is 21.2. The van der Waals surface area contributed by atoms with E-state index >= 15 is 0 Å². The summed E-state index contributed by atoms with van der Waals surface area (Å²) in [7, 11) is 0. The minimum Gasteiger partial charge on any atom is -0.369 e. The first kappa shape index (κ1) is 18.5. The maximum absolute atomic E-state index is 10.6. The molecule has 0 bridgehead atoms. The van der Waals surface area contributed by atoms with Gasteiger partial charge in [0.25, 0.3) is 0 Å². The van der Waals surface area contributed by atoms with Crippen molar-refractivity contribution in [2.75, 3.05) is 0 Å². The minimum absolute atomic E-state index is 0. The van der Waals surface area contributed by atoms with Crippen molar-refractivity contribution in [2.24, 2.45) is 23.3 Å². The predicted molar refractivity (Wildman–Crippen MR) is 77.3 cm³/mol. The van der Waals surface area contributed by atoms with Gasteiger partial charge in [0, 0.05) is 30.7 Å². The number of carbonyl (C=O) groups is 2. The van der Waals surface area contributed by atoms with Crippen LogP contribution in [-0.2, 0) is 9.59 Å². The molecule has 2 aliphatic rings. The monoisotopic (exact) mass is 261 g/mol. The first-order valence-electron chi connectivity index (χ1n) is 7.20. The number of amides is 2. The summed E-state index contributed by atoms with van der Waals surface area (Å²) in [5.74, 6) is 0.182. The van der Waals surface area contributed by atoms with Gasteiger partial charge in [0.15, 0.2) is 0 Å². The van der Waals surface area contributed by atoms with Gasteiger partial charge in [-0.05, 0) is 25.7 Å². The second-order valence-electron chi connectivity index (χ2n) is 5.47. The van der Waals surface area contributed by atoms with Crippen LogP contribution in [0.1, 0.15) is 64.2 Å². The number of hydrogen-bond donors (Lipinski definition) is 2. The Morgan fingerprint density at radius 3 is 1.05 bits per heavy atom. The van der Waals surface area contributed by atoms with Crippen LogP contribution in [0.25, 0.3) is 0 Å². The predicted octanol–water partition coefficient (Wildman–Crippen LogP) is 1.72. The summed E-state index contributed by atoms with van der Waals surface area (Å²) in [6.07, 6.45) is 11.4. The molecule has 4 N–H and O–H groups in total. The van der Waals surface area contributed by atoms with E-state index in [-0.39, 0.29) is 42.5 Å². The summed E-state index contributed by atoms with van der Waals surface area (Å²) in [6, 6.07) is 0. The first-order valence-corrected chi connectivity index (χ1v) is 7.20. The van der Waals surface area contributed by atoms with Crippen LogP contribution in [0.5, 0.6) is 0 Å². The zero-order chi connectivity index (χ0) is 13.4. The van der Waals surface area contributed by atoms with Gasteiger partial charge >= 0.3 is 0 Å². The van der Waals surface area contributed by atoms with E-state index in [0.29, 0.717) is 0 Å². The maximum atomic E-state index is 10.6. The molecule has 2 rings (SSSR count). The van der Waals surface area contributed by atoms with E-state index in [1.165, 1.54) is 38.5 Å². The Kier molecular flexibility index (Phi) is 10.1. The maximum Gasteiger partial charge on any atom is 0.220 e. The van der Waals surface area contributed by atoms with Gasteiger partial charge in [-0.15, -0.1) is 0 Å². The molecular formula is C14H26LiN2O2. The molecule has 0 heterocycles. The van der Waals surface area contributed by atoms with Gasteiger partial charge in [-0.25, -0.2) is 0 Å². The van der Waals surface area contributed by atoms with Crippen molar-refractivity contribution in [1.82, 2.24) is 0 Å². The van der Waals surface area contributed by atoms with Crippen LogP contribution in [0.3, 0.4) is 0 Å². The Bertz CT molecular complexity index is 245. The van der Waals surface area contributed by atoms with Gasteiger partial charge in [0.2, 0.25) is 11.8 Å². The zero-order valence-electron chi connectivity index (χ0n) is 12.2. The summed E-state index contributed by atoms with van der Waals surface area (Å²) in [5, 5.41) is 0. The van der Waals surface area contributed by atoms with Gasteiger partial charge in [0.1, 0.15) is 0 Å². The molecule has 2 fully saturated rings. The average Bonchev–Trinajstić information content (AvgIpc) is 2.41. The van der Waals surface area contributed by atoms with Crippen LogP contribution in [0, 0.1) is 11.8 Å². The standard InChI is InChI=1S/2C7H13NO.Li/c2*8-7(9)6-4-2-1-3-5-6;/h2*6H,1-5H2,(H2,8,9);. The van der Waals surface area contributed by atoms with E-state index in [9.17, 15) is 9.59 Å². The second-order valence-corrected chi connectivity index (χ2v) is 5.47. The van der Waals surface area contributed by atoms with Crippen molar-refractivity contribution in [3.63, 3.8) is 0 Å². The van der Waals surface area contributed by atoms with Crippen LogP contribution in [0.15, 0.2) is 0 Å². The van der Waals surface area contributed by atoms with E-state index in [1.54, 1.807) is 0 Å². The SMILES string of the molecule is NC(=O)C1CCCCC1.NC(=O)C1CCCCC1.[Li]. The number of primary amides is 2. The summed E-state index contributed by atoms with van der Waals surface area (Å²) in [5.41, 5.74) is 10.3. The van der Waals surface area contributed by atoms with E-state index < -0.39 is 0 Å². The van der Waals surface area contributed by atoms with Crippen LogP contribution < -0.4 is 11.5 Å². The van der Waals surface area contributed by atoms with Crippen molar-refractivity contribution < 1.29 is 9.59 Å². The molecule has 0 aliphatic heterocycles. The van der Waals surface area contributed by atoms with E-state index in [2.05, 4.69) is 0 Å². The van der Waals surface area contributed by atoms with Gasteiger partial charge in [0.05, 0.1) is 0 Å². The van der Waals surface area contributed by atoms with Crippen LogP contribution >= 0.6 is 0 Å². The van der Waals surface area contributed by atoms with Crippen molar-refractivity contribution in [1.29, 1.82) is 0 Å². The van der Waals surface area contributed by atoms with Crippen molar-refractivity contribution in [2.45, 2.75) is 64.2 Å². The molecular weight excluding hydrogens is 235 g/mol. The molecule has 0 aromatic heterocycles. The van der Waals surface area contributed by atoms with Crippen molar-refractivity contribution in [3.05, 3.63) is 0 Å². The summed E-state index contributed by atoms with van der Waals surface area (Å²) >= 11 is 0. The number of carbonyl (C=O) groups excluding carboxylic acids is 2. The molecule has 1 radical (unpaired) electrons. The minimum atomic E-state index is -0.102. The molecule has 4 nitrogen and oxygen atoms in total. The number of rotatable bonds is 2. The Morgan fingerprint density at radius 2 is 0.895 bits per heavy atom. The van der Waals surface area contributed by atoms with Crippen LogP contribution in [0.2, 0.25) is 0 Å². The summed E-state index contributed by atoms with van der Waals surface area (Å²) < 4.78 is 0. The van der Waals surface area contributed by atoms with Crippen molar-refractivity contribution >= 4 is 30.7 Å². The molecule has 2 aliphatic carbocycles. The Hall–Kier alpha value is -0.463. The van der Waals surface area contributed by atoms with Crippen molar-refractivity contribution in [3.8, 4) is 0 Å². The fourth-order valence-electron chi connectivity index (χ4n) is 2.77. The molecule has 0 spiro atoms. The third-order valence-corrected chi connectivity index (χ3v) is 4.02. The van der Waals surface area contributed by atoms with Crippen LogP contribution in [-0.4, -0.2) is 30.7 Å². The van der Waals surface area contributed by atoms with Gasteiger partial charge in [-0.3, -0.25) is 9.59 Å². The molecule has 2 saturated carbocycles. The fraction of sp³-hybridized carbons (Fsp3) is 0.857. The molecule has 0 saturated heterocycles. The number of hydrogen-bond acceptors (Lipinski definition) is 2. The first-order chi connectivity index (χ1) is 8.61. The van der Waals surface area contributed by atoms with Gasteiger partial charge in [-0.1, -0.05) is 38.5 Å². The normalized spacial score (nSPS) is 20.6. The van der Waals surface area contributed by atoms with E-state index in [1.807, 2.05) is 0 Å². The molecule has 0 aromatic rings. The summed E-state index contributed by atoms with van der Waals surface area (Å²) in [6.45, 7) is 0. The molecule has 0 aromatic carbocycles. The van der Waals surface area contributed by atoms with Crippen LogP contribution in [0.4, 0.5) is 0 Å². The Morgan fingerprint density at radius 1 is 0.632 bits per heavy atom. The molecule has 5 heteroatoms. The zero-order valence-corrected chi connectivity index (χ0v) is 12.2. The molecule has 0 unspecified atom stereocenters. The molecule has 105 valence electrons. The van der Waals surface area contributed by atoms with Gasteiger partial charge < -0.3 is 11.5 Å². The van der Waals surface area contributed by atoms with E-state index in [4.69, 9.17) is 11.5 Å². The largest absolute Gasteiger partial charge is 0.369 e. The Balaban J connectivity index is 0.000000324. The second kappa shape index (κ2) is 10.3. The smallest absolute Gasteiger partial charge is 0.220 e. The molecule has 0 atom stereocenters. The Labute approximate surface area is 128 Å². The topological polar surface area (TPSA) is 86.2 Å². The average molecular weight is 261 g/mol. The van der Waals surface area contributed by atoms with E-state index in [0.717, 1.165) is 25.7 Å². The molecule has 2 amide bonds. The third kappa shape index (κ3) is 7.64. The fourth-order valence-corrected chi connectivity index (χ4v) is 2.77. The molecule has 19 heavy (non-hydrogen) atoms. The number of nitrogens with two attached hydrogens (primary N) is 2. The van der Waals surface area contributed by atoms with Gasteiger partial charge in [-0.2, -0.15) is 0 Å². The third-order valence-electron chi connectivity index (χ3n) is 4.02. The quantitative estimate of drug-likeness (QED) is 0.741.